The zero-order chi connectivity index (χ0) is 12.7. The monoisotopic (exact) mass is 298 g/mol. The number of rotatable bonds is 6. The van der Waals surface area contributed by atoms with Gasteiger partial charge in [0, 0.05) is 19.5 Å². The van der Waals surface area contributed by atoms with Crippen molar-refractivity contribution in [2.24, 2.45) is 0 Å². The van der Waals surface area contributed by atoms with Crippen molar-refractivity contribution in [3.05, 3.63) is 22.2 Å². The summed E-state index contributed by atoms with van der Waals surface area (Å²) in [5.74, 6) is 1.38. The van der Waals surface area contributed by atoms with Gasteiger partial charge in [0.2, 0.25) is 0 Å². The highest BCUT2D eigenvalue weighted by Crippen LogP contribution is 2.36. The molecule has 0 unspecified atom stereocenters. The SMILES string of the molecule is COc1cc(CNCCC#N)cc(Br)c1OC. The highest BCUT2D eigenvalue weighted by atomic mass is 79.9. The van der Waals surface area contributed by atoms with Crippen LogP contribution in [0.5, 0.6) is 11.5 Å². The average Bonchev–Trinajstić information content (AvgIpc) is 2.34. The Morgan fingerprint density at radius 2 is 2.12 bits per heavy atom. The van der Waals surface area contributed by atoms with E-state index < -0.39 is 0 Å². The van der Waals surface area contributed by atoms with Crippen molar-refractivity contribution in [1.82, 2.24) is 5.32 Å². The molecule has 4 nitrogen and oxygen atoms in total. The minimum absolute atomic E-state index is 0.508. The normalized spacial score (nSPS) is 9.76. The number of benzene rings is 1. The van der Waals surface area contributed by atoms with Crippen LogP contribution in [-0.2, 0) is 6.54 Å². The zero-order valence-electron chi connectivity index (χ0n) is 9.92. The molecule has 0 amide bonds. The number of ether oxygens (including phenoxy) is 2. The summed E-state index contributed by atoms with van der Waals surface area (Å²) in [6.45, 7) is 1.38. The highest BCUT2D eigenvalue weighted by molar-refractivity contribution is 9.10. The maximum atomic E-state index is 8.42. The lowest BCUT2D eigenvalue weighted by molar-refractivity contribution is 0.352. The summed E-state index contributed by atoms with van der Waals surface area (Å²) in [6, 6.07) is 5.98. The van der Waals surface area contributed by atoms with Crippen LogP contribution in [0.1, 0.15) is 12.0 Å². The van der Waals surface area contributed by atoms with Crippen molar-refractivity contribution in [3.8, 4) is 17.6 Å². The smallest absolute Gasteiger partial charge is 0.174 e. The number of methoxy groups -OCH3 is 2. The molecule has 5 heteroatoms. The van der Waals surface area contributed by atoms with Crippen molar-refractivity contribution in [2.75, 3.05) is 20.8 Å². The minimum atomic E-state index is 0.508. The first-order valence-electron chi connectivity index (χ1n) is 5.21. The summed E-state index contributed by atoms with van der Waals surface area (Å²) in [5, 5.41) is 11.6. The van der Waals surface area contributed by atoms with Gasteiger partial charge in [0.05, 0.1) is 24.8 Å². The molecular formula is C12H15BrN2O2. The molecule has 0 saturated heterocycles. The molecule has 0 heterocycles. The summed E-state index contributed by atoms with van der Waals surface area (Å²) in [5.41, 5.74) is 1.08. The molecule has 0 aromatic heterocycles. The van der Waals surface area contributed by atoms with Gasteiger partial charge in [0.15, 0.2) is 11.5 Å². The third-order valence-electron chi connectivity index (χ3n) is 2.24. The van der Waals surface area contributed by atoms with Crippen LogP contribution in [-0.4, -0.2) is 20.8 Å². The predicted molar refractivity (Wildman–Crippen MR) is 69.2 cm³/mol. The Labute approximate surface area is 110 Å². The Morgan fingerprint density at radius 3 is 2.71 bits per heavy atom. The number of nitriles is 1. The van der Waals surface area contributed by atoms with E-state index in [1.54, 1.807) is 14.2 Å². The molecular weight excluding hydrogens is 284 g/mol. The lowest BCUT2D eigenvalue weighted by atomic mass is 10.2. The fourth-order valence-corrected chi connectivity index (χ4v) is 2.10. The van der Waals surface area contributed by atoms with E-state index in [1.165, 1.54) is 0 Å². The molecule has 1 aromatic rings. The van der Waals surface area contributed by atoms with E-state index in [-0.39, 0.29) is 0 Å². The van der Waals surface area contributed by atoms with Crippen LogP contribution >= 0.6 is 15.9 Å². The summed E-state index contributed by atoms with van der Waals surface area (Å²) in [4.78, 5) is 0. The number of hydrogen-bond donors (Lipinski definition) is 1. The van der Waals surface area contributed by atoms with E-state index in [4.69, 9.17) is 14.7 Å². The molecule has 0 aliphatic carbocycles. The lowest BCUT2D eigenvalue weighted by Crippen LogP contribution is -2.14. The largest absolute Gasteiger partial charge is 0.493 e. The van der Waals surface area contributed by atoms with Crippen molar-refractivity contribution in [3.63, 3.8) is 0 Å². The molecule has 0 bridgehead atoms. The maximum absolute atomic E-state index is 8.42. The highest BCUT2D eigenvalue weighted by Gasteiger charge is 2.09. The van der Waals surface area contributed by atoms with Crippen LogP contribution in [0.15, 0.2) is 16.6 Å². The van der Waals surface area contributed by atoms with Gasteiger partial charge >= 0.3 is 0 Å². The van der Waals surface area contributed by atoms with Gasteiger partial charge in [-0.3, -0.25) is 0 Å². The first kappa shape index (κ1) is 13.8. The van der Waals surface area contributed by atoms with Crippen molar-refractivity contribution in [2.45, 2.75) is 13.0 Å². The van der Waals surface area contributed by atoms with E-state index in [0.29, 0.717) is 31.0 Å². The molecule has 0 atom stereocenters. The van der Waals surface area contributed by atoms with Gasteiger partial charge in [-0.2, -0.15) is 5.26 Å². The van der Waals surface area contributed by atoms with Gasteiger partial charge in [-0.15, -0.1) is 0 Å². The number of nitrogens with zero attached hydrogens (tertiary/aromatic N) is 1. The molecule has 0 radical (unpaired) electrons. The van der Waals surface area contributed by atoms with Crippen molar-refractivity contribution < 1.29 is 9.47 Å². The minimum Gasteiger partial charge on any atom is -0.493 e. The van der Waals surface area contributed by atoms with Gasteiger partial charge in [-0.05, 0) is 33.6 Å². The molecule has 1 rings (SSSR count). The molecule has 17 heavy (non-hydrogen) atoms. The van der Waals surface area contributed by atoms with Crippen LogP contribution in [0.2, 0.25) is 0 Å². The second-order valence-corrected chi connectivity index (χ2v) is 4.25. The predicted octanol–water partition coefficient (Wildman–Crippen LogP) is 2.47. The fraction of sp³-hybridized carbons (Fsp3) is 0.417. The van der Waals surface area contributed by atoms with E-state index in [9.17, 15) is 0 Å². The van der Waals surface area contributed by atoms with E-state index in [1.807, 2.05) is 12.1 Å². The summed E-state index contributed by atoms with van der Waals surface area (Å²) < 4.78 is 11.3. The second-order valence-electron chi connectivity index (χ2n) is 3.40. The molecule has 0 fully saturated rings. The summed E-state index contributed by atoms with van der Waals surface area (Å²) in [7, 11) is 3.21. The van der Waals surface area contributed by atoms with Crippen molar-refractivity contribution >= 4 is 15.9 Å². The molecule has 0 saturated carbocycles. The molecule has 1 N–H and O–H groups in total. The number of halogens is 1. The van der Waals surface area contributed by atoms with E-state index in [2.05, 4.69) is 27.3 Å². The summed E-state index contributed by atoms with van der Waals surface area (Å²) >= 11 is 3.44. The lowest BCUT2D eigenvalue weighted by Gasteiger charge is -2.12. The van der Waals surface area contributed by atoms with Gasteiger partial charge in [0.1, 0.15) is 0 Å². The van der Waals surface area contributed by atoms with Crippen molar-refractivity contribution in [1.29, 1.82) is 5.26 Å². The standard InChI is InChI=1S/C12H15BrN2O2/c1-16-11-7-9(8-15-5-3-4-14)6-10(13)12(11)17-2/h6-7,15H,3,5,8H2,1-2H3. The molecule has 0 aliphatic heterocycles. The maximum Gasteiger partial charge on any atom is 0.174 e. The zero-order valence-corrected chi connectivity index (χ0v) is 11.5. The van der Waals surface area contributed by atoms with Gasteiger partial charge in [-0.25, -0.2) is 0 Å². The van der Waals surface area contributed by atoms with Crippen LogP contribution in [0.4, 0.5) is 0 Å². The Hall–Kier alpha value is -1.25. The van der Waals surface area contributed by atoms with Crippen LogP contribution < -0.4 is 14.8 Å². The molecule has 0 spiro atoms. The first-order valence-corrected chi connectivity index (χ1v) is 6.00. The Balaban J connectivity index is 2.74. The Morgan fingerprint density at radius 1 is 1.35 bits per heavy atom. The third-order valence-corrected chi connectivity index (χ3v) is 2.83. The van der Waals surface area contributed by atoms with E-state index in [0.717, 1.165) is 10.0 Å². The Bertz CT molecular complexity index is 416. The number of hydrogen-bond acceptors (Lipinski definition) is 4. The average molecular weight is 299 g/mol. The summed E-state index contributed by atoms with van der Waals surface area (Å²) in [6.07, 6.45) is 0.508. The first-order chi connectivity index (χ1) is 8.22. The number of nitrogens with one attached hydrogen (secondary N) is 1. The van der Waals surface area contributed by atoms with Crippen LogP contribution in [0.25, 0.3) is 0 Å². The van der Waals surface area contributed by atoms with Gasteiger partial charge < -0.3 is 14.8 Å². The van der Waals surface area contributed by atoms with Crippen LogP contribution in [0, 0.1) is 11.3 Å². The molecule has 1 aromatic carbocycles. The second kappa shape index (κ2) is 7.15. The quantitative estimate of drug-likeness (QED) is 0.820. The van der Waals surface area contributed by atoms with Gasteiger partial charge in [-0.1, -0.05) is 0 Å². The molecule has 92 valence electrons. The van der Waals surface area contributed by atoms with E-state index >= 15 is 0 Å². The fourth-order valence-electron chi connectivity index (χ4n) is 1.45. The molecule has 0 aliphatic rings. The van der Waals surface area contributed by atoms with Crippen LogP contribution in [0.3, 0.4) is 0 Å². The Kier molecular flexibility index (Phi) is 5.81. The topological polar surface area (TPSA) is 54.3 Å². The van der Waals surface area contributed by atoms with Gasteiger partial charge in [0.25, 0.3) is 0 Å². The third kappa shape index (κ3) is 3.91.